The number of carbonyl (C=O) groups excluding carboxylic acids is 2. The maximum atomic E-state index is 13.0. The molecule has 1 aromatic heterocycles. The molecule has 4 saturated carbocycles. The number of benzene rings is 1. The van der Waals surface area contributed by atoms with Gasteiger partial charge in [0.15, 0.2) is 0 Å². The van der Waals surface area contributed by atoms with E-state index in [2.05, 4.69) is 10.6 Å². The van der Waals surface area contributed by atoms with Gasteiger partial charge in [-0.05, 0) is 80.0 Å². The van der Waals surface area contributed by atoms with E-state index in [1.54, 1.807) is 16.8 Å². The van der Waals surface area contributed by atoms with Crippen LogP contribution in [0.2, 0.25) is 0 Å². The zero-order chi connectivity index (χ0) is 21.4. The molecule has 0 atom stereocenters. The molecule has 1 aromatic carbocycles. The molecular weight excluding hydrogens is 390 g/mol. The Morgan fingerprint density at radius 1 is 0.935 bits per heavy atom. The van der Waals surface area contributed by atoms with E-state index < -0.39 is 0 Å². The Morgan fingerprint density at radius 3 is 2.19 bits per heavy atom. The highest BCUT2D eigenvalue weighted by Crippen LogP contribution is 2.60. The summed E-state index contributed by atoms with van der Waals surface area (Å²) in [5, 5.41) is 5.77. The molecule has 0 radical (unpaired) electrons. The summed E-state index contributed by atoms with van der Waals surface area (Å²) in [6.07, 6.45) is 8.63. The summed E-state index contributed by atoms with van der Waals surface area (Å²) >= 11 is 0. The minimum atomic E-state index is -0.230. The Balaban J connectivity index is 1.14. The number of anilines is 1. The van der Waals surface area contributed by atoms with Gasteiger partial charge in [-0.15, -0.1) is 0 Å². The van der Waals surface area contributed by atoms with Crippen LogP contribution in [0.3, 0.4) is 0 Å². The lowest BCUT2D eigenvalue weighted by Gasteiger charge is -2.55. The minimum Gasteiger partial charge on any atom is -0.347 e. The summed E-state index contributed by atoms with van der Waals surface area (Å²) < 4.78 is 1.63. The molecule has 2 N–H and O–H groups in total. The zero-order valence-corrected chi connectivity index (χ0v) is 17.7. The number of hydrogen-bond donors (Lipinski definition) is 2. The predicted octanol–water partition coefficient (Wildman–Crippen LogP) is 3.17. The van der Waals surface area contributed by atoms with Gasteiger partial charge in [0.1, 0.15) is 0 Å². The molecule has 31 heavy (non-hydrogen) atoms. The van der Waals surface area contributed by atoms with Gasteiger partial charge in [-0.3, -0.25) is 14.4 Å². The largest absolute Gasteiger partial charge is 0.347 e. The van der Waals surface area contributed by atoms with Crippen molar-refractivity contribution < 1.29 is 9.59 Å². The van der Waals surface area contributed by atoms with Crippen molar-refractivity contribution in [2.75, 3.05) is 11.9 Å². The third-order valence-corrected chi connectivity index (χ3v) is 7.42. The predicted molar refractivity (Wildman–Crippen MR) is 118 cm³/mol. The molecule has 2 aromatic rings. The van der Waals surface area contributed by atoms with E-state index in [9.17, 15) is 14.4 Å². The molecule has 6 rings (SSSR count). The molecule has 4 aliphatic carbocycles. The first-order chi connectivity index (χ1) is 15.0. The quantitative estimate of drug-likeness (QED) is 0.755. The number of amides is 2. The Bertz CT molecular complexity index is 1010. The summed E-state index contributed by atoms with van der Waals surface area (Å²) in [6.45, 7) is 0.483. The smallest absolute Gasteiger partial charge is 0.250 e. The average Bonchev–Trinajstić information content (AvgIpc) is 2.74. The standard InChI is InChI=1S/C25H29N3O3/c29-22(15-26-24(31)25-12-18-9-19(13-25)11-20(10-18)14-25)27-21-6-4-17(5-7-21)16-28-8-2-1-3-23(28)30/h1-8,18-20H,9-16H2,(H,26,31)(H,27,29). The van der Waals surface area contributed by atoms with Crippen molar-refractivity contribution in [3.8, 4) is 0 Å². The van der Waals surface area contributed by atoms with Crippen molar-refractivity contribution in [2.45, 2.75) is 45.1 Å². The number of carbonyl (C=O) groups is 2. The monoisotopic (exact) mass is 419 g/mol. The molecule has 6 heteroatoms. The normalized spacial score (nSPS) is 28.3. The Morgan fingerprint density at radius 2 is 1.58 bits per heavy atom. The SMILES string of the molecule is O=C(CNC(=O)C12CC3CC(CC(C3)C1)C2)Nc1ccc(Cn2ccccc2=O)cc1. The molecule has 162 valence electrons. The van der Waals surface area contributed by atoms with E-state index in [0.29, 0.717) is 30.0 Å². The molecular formula is C25H29N3O3. The van der Waals surface area contributed by atoms with E-state index in [1.807, 2.05) is 30.3 Å². The summed E-state index contributed by atoms with van der Waals surface area (Å²) in [6, 6.07) is 12.5. The second-order valence-electron chi connectivity index (χ2n) is 9.79. The number of hydrogen-bond acceptors (Lipinski definition) is 3. The van der Waals surface area contributed by atoms with Crippen LogP contribution in [0.1, 0.15) is 44.1 Å². The van der Waals surface area contributed by atoms with Crippen molar-refractivity contribution in [3.63, 3.8) is 0 Å². The second-order valence-corrected chi connectivity index (χ2v) is 9.79. The summed E-state index contributed by atoms with van der Waals surface area (Å²) in [7, 11) is 0. The van der Waals surface area contributed by atoms with Crippen molar-refractivity contribution in [2.24, 2.45) is 23.2 Å². The number of rotatable bonds is 6. The third-order valence-electron chi connectivity index (χ3n) is 7.42. The van der Waals surface area contributed by atoms with E-state index in [1.165, 1.54) is 25.3 Å². The highest BCUT2D eigenvalue weighted by molar-refractivity contribution is 5.95. The van der Waals surface area contributed by atoms with Gasteiger partial charge in [-0.2, -0.15) is 0 Å². The van der Waals surface area contributed by atoms with Crippen LogP contribution in [0.15, 0.2) is 53.5 Å². The van der Waals surface area contributed by atoms with Crippen LogP contribution in [-0.2, 0) is 16.1 Å². The minimum absolute atomic E-state index is 0.00173. The van der Waals surface area contributed by atoms with Gasteiger partial charge >= 0.3 is 0 Å². The van der Waals surface area contributed by atoms with Gasteiger partial charge in [0.25, 0.3) is 5.56 Å². The molecule has 4 bridgehead atoms. The molecule has 4 fully saturated rings. The van der Waals surface area contributed by atoms with Crippen molar-refractivity contribution in [1.29, 1.82) is 0 Å². The molecule has 0 aliphatic heterocycles. The average molecular weight is 420 g/mol. The molecule has 0 unspecified atom stereocenters. The fourth-order valence-electron chi connectivity index (χ4n) is 6.42. The number of aromatic nitrogens is 1. The van der Waals surface area contributed by atoms with E-state index in [-0.39, 0.29) is 29.3 Å². The van der Waals surface area contributed by atoms with Crippen LogP contribution in [-0.4, -0.2) is 22.9 Å². The Labute approximate surface area is 182 Å². The fraction of sp³-hybridized carbons (Fsp3) is 0.480. The van der Waals surface area contributed by atoms with Crippen LogP contribution in [0.5, 0.6) is 0 Å². The number of nitrogens with one attached hydrogen (secondary N) is 2. The second kappa shape index (κ2) is 7.98. The lowest BCUT2D eigenvalue weighted by Crippen LogP contribution is -2.54. The van der Waals surface area contributed by atoms with Crippen LogP contribution >= 0.6 is 0 Å². The molecule has 1 heterocycles. The van der Waals surface area contributed by atoms with E-state index in [0.717, 1.165) is 24.8 Å². The van der Waals surface area contributed by atoms with Gasteiger partial charge in [0, 0.05) is 23.4 Å². The highest BCUT2D eigenvalue weighted by Gasteiger charge is 2.54. The van der Waals surface area contributed by atoms with Gasteiger partial charge in [-0.25, -0.2) is 0 Å². The lowest BCUT2D eigenvalue weighted by molar-refractivity contribution is -0.146. The fourth-order valence-corrected chi connectivity index (χ4v) is 6.42. The molecule has 2 amide bonds. The molecule has 0 spiro atoms. The van der Waals surface area contributed by atoms with Gasteiger partial charge in [0.05, 0.1) is 13.1 Å². The molecule has 6 nitrogen and oxygen atoms in total. The molecule has 0 saturated heterocycles. The Hall–Kier alpha value is -2.89. The third kappa shape index (κ3) is 4.16. The topological polar surface area (TPSA) is 80.2 Å². The van der Waals surface area contributed by atoms with Crippen molar-refractivity contribution >= 4 is 17.5 Å². The first-order valence-corrected chi connectivity index (χ1v) is 11.3. The highest BCUT2D eigenvalue weighted by atomic mass is 16.2. The summed E-state index contributed by atoms with van der Waals surface area (Å²) in [4.78, 5) is 37.2. The van der Waals surface area contributed by atoms with Crippen LogP contribution in [0.25, 0.3) is 0 Å². The molecule has 4 aliphatic rings. The maximum absolute atomic E-state index is 13.0. The van der Waals surface area contributed by atoms with Crippen LogP contribution < -0.4 is 16.2 Å². The first-order valence-electron chi connectivity index (χ1n) is 11.3. The maximum Gasteiger partial charge on any atom is 0.250 e. The van der Waals surface area contributed by atoms with Crippen LogP contribution in [0, 0.1) is 23.2 Å². The van der Waals surface area contributed by atoms with Crippen molar-refractivity contribution in [1.82, 2.24) is 9.88 Å². The van der Waals surface area contributed by atoms with E-state index >= 15 is 0 Å². The van der Waals surface area contributed by atoms with Crippen molar-refractivity contribution in [3.05, 3.63) is 64.6 Å². The lowest BCUT2D eigenvalue weighted by atomic mass is 9.49. The van der Waals surface area contributed by atoms with Gasteiger partial charge < -0.3 is 15.2 Å². The zero-order valence-electron chi connectivity index (χ0n) is 17.7. The first kappa shape index (κ1) is 20.0. The van der Waals surface area contributed by atoms with Gasteiger partial charge in [0.2, 0.25) is 11.8 Å². The Kier molecular flexibility index (Phi) is 5.16. The summed E-state index contributed by atoms with van der Waals surface area (Å²) in [5.74, 6) is 1.97. The number of pyridine rings is 1. The van der Waals surface area contributed by atoms with E-state index in [4.69, 9.17) is 0 Å². The summed E-state index contributed by atoms with van der Waals surface area (Å²) in [5.41, 5.74) is 1.38. The van der Waals surface area contributed by atoms with Crippen LogP contribution in [0.4, 0.5) is 5.69 Å². The van der Waals surface area contributed by atoms with Gasteiger partial charge in [-0.1, -0.05) is 18.2 Å². The number of nitrogens with zero attached hydrogens (tertiary/aromatic N) is 1.